The number of carbonyl (C=O) groups excluding carboxylic acids is 1. The smallest absolute Gasteiger partial charge is 0.230 e. The third-order valence-electron chi connectivity index (χ3n) is 2.77. The molecule has 1 amide bonds. The van der Waals surface area contributed by atoms with E-state index < -0.39 is 0 Å². The predicted octanol–water partition coefficient (Wildman–Crippen LogP) is 2.04. The number of carbonyl (C=O) groups is 1. The number of hydrogen-bond acceptors (Lipinski definition) is 3. The van der Waals surface area contributed by atoms with Crippen LogP contribution in [-0.2, 0) is 4.79 Å². The molecular weight excluding hydrogens is 230 g/mol. The summed E-state index contributed by atoms with van der Waals surface area (Å²) in [6, 6.07) is 0. The van der Waals surface area contributed by atoms with E-state index >= 15 is 0 Å². The standard InChI is InChI=1S/C13H27N3O2/c1-10(2)5-7-16(8-6-11(3)4)13(17)9-12(14)15-18/h10-11,18H,5-9H2,1-4H3,(H2,14,15). The Morgan fingerprint density at radius 1 is 1.17 bits per heavy atom. The van der Waals surface area contributed by atoms with Crippen molar-refractivity contribution >= 4 is 11.7 Å². The fourth-order valence-electron chi connectivity index (χ4n) is 1.49. The van der Waals surface area contributed by atoms with E-state index in [1.165, 1.54) is 0 Å². The summed E-state index contributed by atoms with van der Waals surface area (Å²) in [7, 11) is 0. The van der Waals surface area contributed by atoms with Crippen molar-refractivity contribution in [2.45, 2.75) is 47.0 Å². The minimum atomic E-state index is -0.0633. The number of amidine groups is 1. The fourth-order valence-corrected chi connectivity index (χ4v) is 1.49. The second kappa shape index (κ2) is 8.78. The van der Waals surface area contributed by atoms with Gasteiger partial charge in [0.1, 0.15) is 5.84 Å². The average Bonchev–Trinajstić information content (AvgIpc) is 2.27. The molecule has 0 aliphatic carbocycles. The van der Waals surface area contributed by atoms with Crippen molar-refractivity contribution in [1.82, 2.24) is 4.90 Å². The van der Waals surface area contributed by atoms with Crippen LogP contribution in [0.15, 0.2) is 5.16 Å². The van der Waals surface area contributed by atoms with Gasteiger partial charge in [0.2, 0.25) is 5.91 Å². The molecule has 0 saturated heterocycles. The summed E-state index contributed by atoms with van der Waals surface area (Å²) < 4.78 is 0. The third kappa shape index (κ3) is 7.92. The highest BCUT2D eigenvalue weighted by molar-refractivity contribution is 5.98. The van der Waals surface area contributed by atoms with Crippen molar-refractivity contribution in [3.05, 3.63) is 0 Å². The number of amides is 1. The molecule has 0 aromatic carbocycles. The van der Waals surface area contributed by atoms with Crippen molar-refractivity contribution in [3.8, 4) is 0 Å². The lowest BCUT2D eigenvalue weighted by Gasteiger charge is -2.24. The van der Waals surface area contributed by atoms with Crippen LogP contribution in [0.5, 0.6) is 0 Å². The van der Waals surface area contributed by atoms with Crippen LogP contribution < -0.4 is 5.73 Å². The van der Waals surface area contributed by atoms with E-state index in [1.54, 1.807) is 0 Å². The van der Waals surface area contributed by atoms with Gasteiger partial charge in [0, 0.05) is 13.1 Å². The highest BCUT2D eigenvalue weighted by atomic mass is 16.4. The molecule has 0 aromatic heterocycles. The van der Waals surface area contributed by atoms with Crippen molar-refractivity contribution in [3.63, 3.8) is 0 Å². The fraction of sp³-hybridized carbons (Fsp3) is 0.846. The van der Waals surface area contributed by atoms with Gasteiger partial charge in [-0.25, -0.2) is 0 Å². The van der Waals surface area contributed by atoms with E-state index in [9.17, 15) is 4.79 Å². The van der Waals surface area contributed by atoms with Crippen molar-refractivity contribution in [1.29, 1.82) is 0 Å². The van der Waals surface area contributed by atoms with E-state index in [0.29, 0.717) is 11.8 Å². The van der Waals surface area contributed by atoms with Gasteiger partial charge in [-0.3, -0.25) is 4.79 Å². The maximum absolute atomic E-state index is 12.0. The first-order chi connectivity index (χ1) is 8.36. The molecular formula is C13H27N3O2. The zero-order valence-electron chi connectivity index (χ0n) is 12.0. The number of oxime groups is 1. The molecule has 106 valence electrons. The van der Waals surface area contributed by atoms with Crippen molar-refractivity contribution in [2.75, 3.05) is 13.1 Å². The topological polar surface area (TPSA) is 78.9 Å². The van der Waals surface area contributed by atoms with Crippen LogP contribution in [0.25, 0.3) is 0 Å². The summed E-state index contributed by atoms with van der Waals surface area (Å²) in [5.41, 5.74) is 5.38. The van der Waals surface area contributed by atoms with Gasteiger partial charge in [-0.15, -0.1) is 0 Å². The van der Waals surface area contributed by atoms with E-state index in [2.05, 4.69) is 32.9 Å². The second-order valence-electron chi connectivity index (χ2n) is 5.51. The third-order valence-corrected chi connectivity index (χ3v) is 2.77. The summed E-state index contributed by atoms with van der Waals surface area (Å²) in [6.07, 6.45) is 1.94. The molecule has 0 fully saturated rings. The SMILES string of the molecule is CC(C)CCN(CCC(C)C)C(=O)CC(N)=NO. The monoisotopic (exact) mass is 257 g/mol. The molecule has 0 radical (unpaired) electrons. The van der Waals surface area contributed by atoms with Gasteiger partial charge in [-0.05, 0) is 24.7 Å². The Balaban J connectivity index is 4.38. The van der Waals surface area contributed by atoms with Crippen LogP contribution in [0.3, 0.4) is 0 Å². The largest absolute Gasteiger partial charge is 0.409 e. The summed E-state index contributed by atoms with van der Waals surface area (Å²) in [6.45, 7) is 10.0. The number of nitrogens with zero attached hydrogens (tertiary/aromatic N) is 2. The summed E-state index contributed by atoms with van der Waals surface area (Å²) in [5.74, 6) is 1.03. The maximum Gasteiger partial charge on any atom is 0.230 e. The first-order valence-electron chi connectivity index (χ1n) is 6.61. The quantitative estimate of drug-likeness (QED) is 0.302. The Kier molecular flexibility index (Phi) is 8.16. The van der Waals surface area contributed by atoms with Gasteiger partial charge in [-0.2, -0.15) is 0 Å². The molecule has 0 spiro atoms. The van der Waals surface area contributed by atoms with Gasteiger partial charge >= 0.3 is 0 Å². The normalized spacial score (nSPS) is 12.2. The minimum absolute atomic E-state index is 0.00725. The minimum Gasteiger partial charge on any atom is -0.409 e. The van der Waals surface area contributed by atoms with Crippen LogP contribution in [0, 0.1) is 11.8 Å². The van der Waals surface area contributed by atoms with Crippen LogP contribution in [-0.4, -0.2) is 34.9 Å². The lowest BCUT2D eigenvalue weighted by Crippen LogP contribution is -2.36. The van der Waals surface area contributed by atoms with Crippen LogP contribution in [0.2, 0.25) is 0 Å². The Labute approximate surface area is 110 Å². The molecule has 0 aromatic rings. The van der Waals surface area contributed by atoms with Gasteiger partial charge in [-0.1, -0.05) is 32.9 Å². The zero-order valence-corrected chi connectivity index (χ0v) is 12.0. The molecule has 18 heavy (non-hydrogen) atoms. The molecule has 0 bridgehead atoms. The molecule has 0 aliphatic heterocycles. The average molecular weight is 257 g/mol. The molecule has 0 unspecified atom stereocenters. The summed E-state index contributed by atoms with van der Waals surface area (Å²) in [5, 5.41) is 11.3. The van der Waals surface area contributed by atoms with E-state index in [-0.39, 0.29) is 18.2 Å². The molecule has 5 heteroatoms. The van der Waals surface area contributed by atoms with Crippen molar-refractivity contribution < 1.29 is 10.0 Å². The highest BCUT2D eigenvalue weighted by Gasteiger charge is 2.15. The van der Waals surface area contributed by atoms with Crippen LogP contribution >= 0.6 is 0 Å². The summed E-state index contributed by atoms with van der Waals surface area (Å²) >= 11 is 0. The van der Waals surface area contributed by atoms with Crippen LogP contribution in [0.1, 0.15) is 47.0 Å². The number of rotatable bonds is 8. The Morgan fingerprint density at radius 3 is 1.94 bits per heavy atom. The first-order valence-corrected chi connectivity index (χ1v) is 6.61. The van der Waals surface area contributed by atoms with E-state index in [1.807, 2.05) is 4.90 Å². The molecule has 0 aliphatic rings. The zero-order chi connectivity index (χ0) is 14.1. The van der Waals surface area contributed by atoms with E-state index in [0.717, 1.165) is 25.9 Å². The number of nitrogens with two attached hydrogens (primary N) is 1. The van der Waals surface area contributed by atoms with Gasteiger partial charge < -0.3 is 15.8 Å². The molecule has 0 heterocycles. The molecule has 5 nitrogen and oxygen atoms in total. The lowest BCUT2D eigenvalue weighted by molar-refractivity contribution is -0.130. The molecule has 0 atom stereocenters. The first kappa shape index (κ1) is 16.7. The Bertz CT molecular complexity index is 263. The van der Waals surface area contributed by atoms with E-state index in [4.69, 9.17) is 10.9 Å². The van der Waals surface area contributed by atoms with Gasteiger partial charge in [0.05, 0.1) is 6.42 Å². The summed E-state index contributed by atoms with van der Waals surface area (Å²) in [4.78, 5) is 13.8. The molecule has 0 rings (SSSR count). The number of hydrogen-bond donors (Lipinski definition) is 2. The van der Waals surface area contributed by atoms with Crippen molar-refractivity contribution in [2.24, 2.45) is 22.7 Å². The Morgan fingerprint density at radius 2 is 1.61 bits per heavy atom. The molecule has 0 saturated carbocycles. The van der Waals surface area contributed by atoms with Gasteiger partial charge in [0.15, 0.2) is 0 Å². The second-order valence-corrected chi connectivity index (χ2v) is 5.51. The predicted molar refractivity (Wildman–Crippen MR) is 73.5 cm³/mol. The van der Waals surface area contributed by atoms with Crippen LogP contribution in [0.4, 0.5) is 0 Å². The maximum atomic E-state index is 12.0. The Hall–Kier alpha value is -1.26. The van der Waals surface area contributed by atoms with Gasteiger partial charge in [0.25, 0.3) is 0 Å². The lowest BCUT2D eigenvalue weighted by atomic mass is 10.1. The molecule has 3 N–H and O–H groups in total. The highest BCUT2D eigenvalue weighted by Crippen LogP contribution is 2.08.